The van der Waals surface area contributed by atoms with Crippen molar-refractivity contribution in [1.29, 1.82) is 0 Å². The van der Waals surface area contributed by atoms with Crippen LogP contribution in [0.2, 0.25) is 0 Å². The second-order valence-electron chi connectivity index (χ2n) is 5.30. The summed E-state index contributed by atoms with van der Waals surface area (Å²) in [5, 5.41) is 20.4. The standard InChI is InChI=1S/C12H19N5O4/c1-5(20-2)9-7(18)8(19)12(21-9)17-4-16-6-10(13)14-3-15-11(6)17/h3-9,11-12,18-19H,1-2H3,(H2,13,14,15)/t5?,6?,7-,8+,9+,11?,12+/m0/s1. The Morgan fingerprint density at radius 1 is 1.38 bits per heavy atom. The number of amidine groups is 1. The maximum absolute atomic E-state index is 10.2. The molecule has 0 spiro atoms. The molecule has 21 heavy (non-hydrogen) atoms. The van der Waals surface area contributed by atoms with Crippen LogP contribution in [-0.4, -0.2) is 83.6 Å². The van der Waals surface area contributed by atoms with Crippen LogP contribution in [0.15, 0.2) is 15.0 Å². The lowest BCUT2D eigenvalue weighted by atomic mass is 10.1. The first-order chi connectivity index (χ1) is 10.0. The number of nitrogens with zero attached hydrogens (tertiary/aromatic N) is 4. The first-order valence-corrected chi connectivity index (χ1v) is 6.74. The summed E-state index contributed by atoms with van der Waals surface area (Å²) in [6.07, 6.45) is -1.39. The van der Waals surface area contributed by atoms with Gasteiger partial charge in [0.1, 0.15) is 36.5 Å². The Kier molecular flexibility index (Phi) is 3.66. The van der Waals surface area contributed by atoms with Crippen LogP contribution in [0.5, 0.6) is 0 Å². The normalized spacial score (nSPS) is 43.0. The molecule has 0 radical (unpaired) electrons. The summed E-state index contributed by atoms with van der Waals surface area (Å²) >= 11 is 0. The van der Waals surface area contributed by atoms with E-state index < -0.39 is 30.7 Å². The van der Waals surface area contributed by atoms with Gasteiger partial charge in [-0.3, -0.25) is 4.99 Å². The molecule has 3 aliphatic heterocycles. The molecular weight excluding hydrogens is 278 g/mol. The average Bonchev–Trinajstić information content (AvgIpc) is 3.02. The van der Waals surface area contributed by atoms with E-state index in [1.807, 2.05) is 0 Å². The maximum Gasteiger partial charge on any atom is 0.162 e. The van der Waals surface area contributed by atoms with Crippen molar-refractivity contribution in [2.75, 3.05) is 7.11 Å². The van der Waals surface area contributed by atoms with Gasteiger partial charge in [-0.15, -0.1) is 0 Å². The number of hydrogen-bond acceptors (Lipinski definition) is 9. The molecule has 3 rings (SSSR count). The van der Waals surface area contributed by atoms with Crippen LogP contribution >= 0.6 is 0 Å². The van der Waals surface area contributed by atoms with Gasteiger partial charge in [0.05, 0.1) is 12.4 Å². The Morgan fingerprint density at radius 3 is 2.86 bits per heavy atom. The molecule has 3 heterocycles. The highest BCUT2D eigenvalue weighted by molar-refractivity contribution is 5.96. The van der Waals surface area contributed by atoms with Crippen molar-refractivity contribution in [3.63, 3.8) is 0 Å². The summed E-state index contributed by atoms with van der Waals surface area (Å²) in [5.74, 6) is 0.364. The molecule has 0 amide bonds. The minimum absolute atomic E-state index is 0.350. The first-order valence-electron chi connectivity index (χ1n) is 6.74. The number of ether oxygens (including phenoxy) is 2. The SMILES string of the molecule is COC(C)[C@H]1O[C@@H](N2C=NC3C(N)=NC=NC32)[C@H](O)[C@@H]1O. The summed E-state index contributed by atoms with van der Waals surface area (Å²) in [5.41, 5.74) is 5.79. The molecule has 1 saturated heterocycles. The molecule has 0 saturated carbocycles. The zero-order valence-electron chi connectivity index (χ0n) is 11.8. The molecular formula is C12H19N5O4. The maximum atomic E-state index is 10.2. The van der Waals surface area contributed by atoms with Gasteiger partial charge in [-0.25, -0.2) is 9.98 Å². The second-order valence-corrected chi connectivity index (χ2v) is 5.30. The van der Waals surface area contributed by atoms with Gasteiger partial charge >= 0.3 is 0 Å². The van der Waals surface area contributed by atoms with Gasteiger partial charge in [0.15, 0.2) is 12.4 Å². The predicted molar refractivity (Wildman–Crippen MR) is 75.2 cm³/mol. The van der Waals surface area contributed by atoms with Crippen molar-refractivity contribution in [3.8, 4) is 0 Å². The molecule has 7 atom stereocenters. The minimum Gasteiger partial charge on any atom is -0.387 e. The number of nitrogens with two attached hydrogens (primary N) is 1. The average molecular weight is 297 g/mol. The molecule has 0 aromatic heterocycles. The number of aliphatic hydroxyl groups excluding tert-OH is 2. The molecule has 3 aliphatic rings. The molecule has 3 unspecified atom stereocenters. The summed E-state index contributed by atoms with van der Waals surface area (Å²) in [6, 6.07) is -0.387. The summed E-state index contributed by atoms with van der Waals surface area (Å²) in [7, 11) is 1.52. The summed E-state index contributed by atoms with van der Waals surface area (Å²) in [4.78, 5) is 14.0. The highest BCUT2D eigenvalue weighted by Gasteiger charge is 2.51. The number of rotatable bonds is 3. The van der Waals surface area contributed by atoms with Crippen molar-refractivity contribution in [2.45, 2.75) is 49.8 Å². The third-order valence-electron chi connectivity index (χ3n) is 4.08. The van der Waals surface area contributed by atoms with Crippen LogP contribution in [-0.2, 0) is 9.47 Å². The van der Waals surface area contributed by atoms with E-state index in [4.69, 9.17) is 15.2 Å². The van der Waals surface area contributed by atoms with E-state index in [1.165, 1.54) is 19.8 Å². The fraction of sp³-hybridized carbons (Fsp3) is 0.750. The van der Waals surface area contributed by atoms with Gasteiger partial charge in [-0.1, -0.05) is 0 Å². The number of aliphatic hydroxyl groups is 2. The molecule has 0 aromatic carbocycles. The lowest BCUT2D eigenvalue weighted by molar-refractivity contribution is -0.104. The number of hydrogen-bond donors (Lipinski definition) is 3. The molecule has 0 bridgehead atoms. The van der Waals surface area contributed by atoms with Gasteiger partial charge in [0, 0.05) is 7.11 Å². The van der Waals surface area contributed by atoms with Crippen molar-refractivity contribution < 1.29 is 19.7 Å². The van der Waals surface area contributed by atoms with Gasteiger partial charge in [-0.2, -0.15) is 0 Å². The summed E-state index contributed by atoms with van der Waals surface area (Å²) < 4.78 is 10.9. The predicted octanol–water partition coefficient (Wildman–Crippen LogP) is -2.09. The second kappa shape index (κ2) is 5.34. The van der Waals surface area contributed by atoms with Gasteiger partial charge in [0.25, 0.3) is 0 Å². The largest absolute Gasteiger partial charge is 0.387 e. The Labute approximate surface area is 121 Å². The van der Waals surface area contributed by atoms with Gasteiger partial charge < -0.3 is 30.3 Å². The smallest absolute Gasteiger partial charge is 0.162 e. The molecule has 4 N–H and O–H groups in total. The number of fused-ring (bicyclic) bond motifs is 1. The van der Waals surface area contributed by atoms with E-state index in [0.29, 0.717) is 5.84 Å². The fourth-order valence-corrected chi connectivity index (χ4v) is 2.76. The summed E-state index contributed by atoms with van der Waals surface area (Å²) in [6.45, 7) is 1.77. The van der Waals surface area contributed by atoms with Crippen LogP contribution in [0.3, 0.4) is 0 Å². The highest BCUT2D eigenvalue weighted by atomic mass is 16.6. The molecule has 9 heteroatoms. The molecule has 0 aromatic rings. The van der Waals surface area contributed by atoms with E-state index in [2.05, 4.69) is 15.0 Å². The number of aliphatic imine (C=N–C) groups is 3. The monoisotopic (exact) mass is 297 g/mol. The first kappa shape index (κ1) is 14.4. The fourth-order valence-electron chi connectivity index (χ4n) is 2.76. The van der Waals surface area contributed by atoms with Gasteiger partial charge in [-0.05, 0) is 6.92 Å². The van der Waals surface area contributed by atoms with Crippen molar-refractivity contribution in [3.05, 3.63) is 0 Å². The van der Waals surface area contributed by atoms with E-state index in [9.17, 15) is 10.2 Å². The minimum atomic E-state index is -1.09. The quantitative estimate of drug-likeness (QED) is 0.548. The highest BCUT2D eigenvalue weighted by Crippen LogP contribution is 2.31. The van der Waals surface area contributed by atoms with Crippen molar-refractivity contribution in [1.82, 2.24) is 4.90 Å². The molecule has 1 fully saturated rings. The lowest BCUT2D eigenvalue weighted by Crippen LogP contribution is -2.51. The number of methoxy groups -OCH3 is 1. The Balaban J connectivity index is 1.78. The van der Waals surface area contributed by atoms with Crippen LogP contribution < -0.4 is 5.73 Å². The Morgan fingerprint density at radius 2 is 2.14 bits per heavy atom. The van der Waals surface area contributed by atoms with Crippen molar-refractivity contribution >= 4 is 18.5 Å². The van der Waals surface area contributed by atoms with Crippen molar-refractivity contribution in [2.24, 2.45) is 20.7 Å². The van der Waals surface area contributed by atoms with Crippen LogP contribution in [0.25, 0.3) is 0 Å². The third-order valence-corrected chi connectivity index (χ3v) is 4.08. The zero-order valence-corrected chi connectivity index (χ0v) is 11.8. The van der Waals surface area contributed by atoms with Crippen LogP contribution in [0, 0.1) is 0 Å². The Hall–Kier alpha value is -1.55. The van der Waals surface area contributed by atoms with E-state index in [-0.39, 0.29) is 12.1 Å². The van der Waals surface area contributed by atoms with Crippen LogP contribution in [0.1, 0.15) is 6.92 Å². The third kappa shape index (κ3) is 2.22. The van der Waals surface area contributed by atoms with E-state index in [0.717, 1.165) is 0 Å². The van der Waals surface area contributed by atoms with Crippen LogP contribution in [0.4, 0.5) is 0 Å². The lowest BCUT2D eigenvalue weighted by Gasteiger charge is -2.31. The molecule has 9 nitrogen and oxygen atoms in total. The molecule has 0 aliphatic carbocycles. The van der Waals surface area contributed by atoms with Gasteiger partial charge in [0.2, 0.25) is 0 Å². The molecule has 116 valence electrons. The Bertz CT molecular complexity index is 496. The topological polar surface area (TPSA) is 125 Å². The van der Waals surface area contributed by atoms with E-state index >= 15 is 0 Å². The van der Waals surface area contributed by atoms with E-state index in [1.54, 1.807) is 11.8 Å². The zero-order chi connectivity index (χ0) is 15.1.